The fourth-order valence-corrected chi connectivity index (χ4v) is 9.60. The van der Waals surface area contributed by atoms with Crippen LogP contribution in [0.25, 0.3) is 16.9 Å². The molecule has 2 heteroatoms. The van der Waals surface area contributed by atoms with Crippen LogP contribution in [0.5, 0.6) is 0 Å². The van der Waals surface area contributed by atoms with Gasteiger partial charge >= 0.3 is 0 Å². The minimum absolute atomic E-state index is 0.932. The zero-order chi connectivity index (χ0) is 42.0. The van der Waals surface area contributed by atoms with Gasteiger partial charge in [0.1, 0.15) is 0 Å². The Labute approximate surface area is 367 Å². The highest BCUT2D eigenvalue weighted by atomic mass is 15.2. The van der Waals surface area contributed by atoms with Crippen LogP contribution >= 0.6 is 0 Å². The van der Waals surface area contributed by atoms with Crippen molar-refractivity contribution >= 4 is 11.4 Å². The lowest BCUT2D eigenvalue weighted by molar-refractivity contribution is -0.345. The number of aryl methyl sites for hydroxylation is 2. The number of allylic oxidation sites excluding steroid dienone is 2. The molecular formula is C57H94N2. The van der Waals surface area contributed by atoms with E-state index >= 15 is 0 Å². The molecule has 2 aromatic carbocycles. The molecule has 0 bridgehead atoms. The number of hydrogen-bond acceptors (Lipinski definition) is 0. The molecule has 0 saturated carbocycles. The number of hydrogen-bond donors (Lipinski definition) is 0. The van der Waals surface area contributed by atoms with E-state index in [1.807, 2.05) is 0 Å². The molecule has 2 aromatic rings. The summed E-state index contributed by atoms with van der Waals surface area (Å²) in [5.41, 5.74) is 21.9. The first kappa shape index (κ1) is 50.9. The van der Waals surface area contributed by atoms with Crippen LogP contribution in [0.1, 0.15) is 275 Å². The molecule has 0 saturated heterocycles. The maximum absolute atomic E-state index is 12.1. The van der Waals surface area contributed by atoms with Crippen LogP contribution in [-0.4, -0.2) is 4.70 Å². The Morgan fingerprint density at radius 2 is 0.627 bits per heavy atom. The van der Waals surface area contributed by atoms with E-state index in [9.17, 15) is 5.53 Å². The van der Waals surface area contributed by atoms with Crippen molar-refractivity contribution in [2.24, 2.45) is 0 Å². The largest absolute Gasteiger partial charge is 0.493 e. The Morgan fingerprint density at radius 1 is 0.339 bits per heavy atom. The number of unbranched alkanes of at least 4 members (excludes halogenated alkanes) is 30. The molecule has 0 atom stereocenters. The summed E-state index contributed by atoms with van der Waals surface area (Å²) in [5.74, 6) is 0. The molecule has 0 radical (unpaired) electrons. The van der Waals surface area contributed by atoms with Crippen molar-refractivity contribution in [1.29, 1.82) is 0 Å². The van der Waals surface area contributed by atoms with Crippen molar-refractivity contribution in [3.63, 3.8) is 0 Å². The quantitative estimate of drug-likeness (QED) is 0.0475. The van der Waals surface area contributed by atoms with Crippen LogP contribution in [0.4, 0.5) is 0 Å². The average Bonchev–Trinajstić information content (AvgIpc) is 3.54. The Kier molecular flexibility index (Phi) is 29.4. The number of rotatable bonds is 39. The van der Waals surface area contributed by atoms with Crippen molar-refractivity contribution in [1.82, 2.24) is 0 Å². The van der Waals surface area contributed by atoms with E-state index in [1.54, 1.807) is 4.70 Å². The highest BCUT2D eigenvalue weighted by molar-refractivity contribution is 5.82. The zero-order valence-corrected chi connectivity index (χ0v) is 39.7. The van der Waals surface area contributed by atoms with Crippen LogP contribution in [0.2, 0.25) is 0 Å². The molecule has 0 aromatic heterocycles. The SMILES string of the molecule is CCCCCCCCCCCCCCCCCCCCCCCCCCCCC1=C(c2cccc(CCCCCC)c2)[N+](=[N-])C(c2cccc(CCCCC)c2)=C1CC. The summed E-state index contributed by atoms with van der Waals surface area (Å²) in [6.45, 7) is 9.14. The van der Waals surface area contributed by atoms with Gasteiger partial charge in [0.2, 0.25) is 11.4 Å². The molecule has 3 rings (SSSR count). The Morgan fingerprint density at radius 3 is 1.00 bits per heavy atom. The second-order valence-electron chi connectivity index (χ2n) is 18.6. The fraction of sp³-hybridized carbons (Fsp3) is 0.719. The number of benzene rings is 2. The third-order valence-electron chi connectivity index (χ3n) is 13.3. The zero-order valence-electron chi connectivity index (χ0n) is 39.7. The van der Waals surface area contributed by atoms with Gasteiger partial charge in [0, 0.05) is 22.3 Å². The predicted molar refractivity (Wildman–Crippen MR) is 262 cm³/mol. The standard InChI is InChI=1S/C57H94N2/c1-5-9-12-14-15-16-17-18-19-20-21-22-23-24-25-26-27-28-29-30-31-32-33-34-35-38-47-55-54(8-4)56(52-45-39-43-50(48-52)41-36-11-7-3)59(58)57(55)53-46-40-44-51(49-53)42-37-13-10-6-2/h39-40,43-46,48-49H,5-38,41-42,47H2,1-4H3. The third-order valence-corrected chi connectivity index (χ3v) is 13.3. The summed E-state index contributed by atoms with van der Waals surface area (Å²) in [7, 11) is 0. The Bertz CT molecular complexity index is 1430. The lowest BCUT2D eigenvalue weighted by Crippen LogP contribution is -2.03. The van der Waals surface area contributed by atoms with Gasteiger partial charge in [-0.2, -0.15) is 0 Å². The summed E-state index contributed by atoms with van der Waals surface area (Å²) in [4.78, 5) is 0. The molecule has 0 aliphatic carbocycles. The highest BCUT2D eigenvalue weighted by Crippen LogP contribution is 2.44. The third kappa shape index (κ3) is 21.2. The lowest BCUT2D eigenvalue weighted by atomic mass is 9.92. The minimum atomic E-state index is 0.932. The van der Waals surface area contributed by atoms with Gasteiger partial charge in [-0.1, -0.05) is 245 Å². The fourth-order valence-electron chi connectivity index (χ4n) is 9.60. The van der Waals surface area contributed by atoms with Crippen molar-refractivity contribution < 1.29 is 4.70 Å². The average molecular weight is 807 g/mol. The monoisotopic (exact) mass is 807 g/mol. The van der Waals surface area contributed by atoms with E-state index < -0.39 is 0 Å². The number of nitrogens with zero attached hydrogens (tertiary/aromatic N) is 2. The van der Waals surface area contributed by atoms with E-state index in [0.717, 1.165) is 42.6 Å². The normalized spacial score (nSPS) is 13.1. The molecule has 332 valence electrons. The maximum Gasteiger partial charge on any atom is 0.211 e. The van der Waals surface area contributed by atoms with Gasteiger partial charge in [-0.05, 0) is 80.3 Å². The van der Waals surface area contributed by atoms with Crippen molar-refractivity contribution in [2.45, 2.75) is 265 Å². The summed E-state index contributed by atoms with van der Waals surface area (Å²) < 4.78 is 1.58. The van der Waals surface area contributed by atoms with Gasteiger partial charge in [0.05, 0.1) is 0 Å². The van der Waals surface area contributed by atoms with Crippen molar-refractivity contribution in [3.8, 4) is 0 Å². The molecule has 0 amide bonds. The molecule has 1 aliphatic heterocycles. The molecule has 0 unspecified atom stereocenters. The summed E-state index contributed by atoms with van der Waals surface area (Å²) in [5, 5.41) is 0. The molecule has 1 heterocycles. The van der Waals surface area contributed by atoms with E-state index in [2.05, 4.69) is 76.2 Å². The van der Waals surface area contributed by atoms with E-state index in [-0.39, 0.29) is 0 Å². The molecule has 0 N–H and O–H groups in total. The molecule has 2 nitrogen and oxygen atoms in total. The first-order valence-corrected chi connectivity index (χ1v) is 26.3. The van der Waals surface area contributed by atoms with Crippen LogP contribution in [0.15, 0.2) is 59.7 Å². The maximum atomic E-state index is 12.1. The first-order chi connectivity index (χ1) is 29.1. The molecular weight excluding hydrogens is 713 g/mol. The van der Waals surface area contributed by atoms with E-state index in [1.165, 1.54) is 240 Å². The second kappa shape index (κ2) is 34.1. The van der Waals surface area contributed by atoms with Crippen LogP contribution in [0, 0.1) is 0 Å². The van der Waals surface area contributed by atoms with Gasteiger partial charge in [-0.15, -0.1) is 0 Å². The highest BCUT2D eigenvalue weighted by Gasteiger charge is 2.34. The molecule has 0 fully saturated rings. The van der Waals surface area contributed by atoms with Crippen molar-refractivity contribution in [3.05, 3.63) is 87.5 Å². The smallest absolute Gasteiger partial charge is 0.211 e. The molecule has 59 heavy (non-hydrogen) atoms. The van der Waals surface area contributed by atoms with Gasteiger partial charge in [0.25, 0.3) is 0 Å². The van der Waals surface area contributed by atoms with Gasteiger partial charge in [-0.3, -0.25) is 0 Å². The minimum Gasteiger partial charge on any atom is -0.493 e. The predicted octanol–water partition coefficient (Wildman–Crippen LogP) is 19.7. The molecule has 0 spiro atoms. The summed E-state index contributed by atoms with van der Waals surface area (Å²) in [6, 6.07) is 18.1. The van der Waals surface area contributed by atoms with Gasteiger partial charge < -0.3 is 5.53 Å². The van der Waals surface area contributed by atoms with Gasteiger partial charge in [0.15, 0.2) is 0 Å². The second-order valence-corrected chi connectivity index (χ2v) is 18.6. The van der Waals surface area contributed by atoms with E-state index in [4.69, 9.17) is 0 Å². The summed E-state index contributed by atoms with van der Waals surface area (Å²) >= 11 is 0. The van der Waals surface area contributed by atoms with Crippen molar-refractivity contribution in [2.75, 3.05) is 0 Å². The van der Waals surface area contributed by atoms with Crippen LogP contribution < -0.4 is 0 Å². The Hall–Kier alpha value is -2.48. The van der Waals surface area contributed by atoms with E-state index in [0.29, 0.717) is 0 Å². The molecule has 1 aliphatic rings. The van der Waals surface area contributed by atoms with Crippen LogP contribution in [0.3, 0.4) is 0 Å². The Balaban J connectivity index is 1.34. The first-order valence-electron chi connectivity index (χ1n) is 26.3. The van der Waals surface area contributed by atoms with Crippen LogP contribution in [-0.2, 0) is 12.8 Å². The lowest BCUT2D eigenvalue weighted by Gasteiger charge is -2.12. The topological polar surface area (TPSA) is 25.3 Å². The summed E-state index contributed by atoms with van der Waals surface area (Å²) in [6.07, 6.45) is 50.1. The van der Waals surface area contributed by atoms with Gasteiger partial charge in [-0.25, -0.2) is 4.70 Å².